The fourth-order valence-corrected chi connectivity index (χ4v) is 4.13. The Balaban J connectivity index is 1.28. The van der Waals surface area contributed by atoms with Crippen molar-refractivity contribution in [2.75, 3.05) is 5.32 Å². The van der Waals surface area contributed by atoms with Gasteiger partial charge in [-0.2, -0.15) is 0 Å². The second-order valence-electron chi connectivity index (χ2n) is 7.09. The van der Waals surface area contributed by atoms with Crippen LogP contribution in [0.2, 0.25) is 0 Å². The summed E-state index contributed by atoms with van der Waals surface area (Å²) in [6.45, 7) is 0.838. The normalized spacial score (nSPS) is 23.2. The van der Waals surface area contributed by atoms with Crippen LogP contribution < -0.4 is 16.0 Å². The van der Waals surface area contributed by atoms with Crippen molar-refractivity contribution in [2.45, 2.75) is 44.3 Å². The Bertz CT molecular complexity index is 912. The van der Waals surface area contributed by atoms with Gasteiger partial charge in [-0.15, -0.1) is 0 Å². The molecule has 2 amide bonds. The second kappa shape index (κ2) is 9.15. The summed E-state index contributed by atoms with van der Waals surface area (Å²) >= 11 is 0.883. The molecule has 4 rings (SSSR count). The van der Waals surface area contributed by atoms with E-state index < -0.39 is 0 Å². The van der Waals surface area contributed by atoms with Crippen molar-refractivity contribution < 1.29 is 9.59 Å². The van der Waals surface area contributed by atoms with E-state index in [1.54, 1.807) is 24.5 Å². The molecule has 1 saturated heterocycles. The number of hydrogen-bond donors (Lipinski definition) is 3. The van der Waals surface area contributed by atoms with Gasteiger partial charge in [0.1, 0.15) is 0 Å². The zero-order valence-corrected chi connectivity index (χ0v) is 16.6. The third kappa shape index (κ3) is 5.39. The summed E-state index contributed by atoms with van der Waals surface area (Å²) in [6, 6.07) is 6.57. The molecule has 0 spiro atoms. The minimum absolute atomic E-state index is 0.320. The number of rotatable bonds is 6. The summed E-state index contributed by atoms with van der Waals surface area (Å²) < 4.78 is 0. The first-order chi connectivity index (χ1) is 14.2. The van der Waals surface area contributed by atoms with Crippen molar-refractivity contribution in [1.29, 1.82) is 0 Å². The molecule has 3 heterocycles. The van der Waals surface area contributed by atoms with E-state index in [0.29, 0.717) is 28.6 Å². The van der Waals surface area contributed by atoms with Crippen LogP contribution in [0.25, 0.3) is 6.08 Å². The number of aromatic nitrogens is 3. The lowest BCUT2D eigenvalue weighted by Crippen LogP contribution is -2.36. The molecular formula is C20H22N6O2S. The molecule has 8 nitrogen and oxygen atoms in total. The monoisotopic (exact) mass is 410 g/mol. The summed E-state index contributed by atoms with van der Waals surface area (Å²) in [7, 11) is 0. The first-order valence-corrected chi connectivity index (χ1v) is 10.4. The van der Waals surface area contributed by atoms with Crippen LogP contribution >= 0.6 is 11.8 Å². The van der Waals surface area contributed by atoms with Crippen LogP contribution in [0.3, 0.4) is 0 Å². The lowest BCUT2D eigenvalue weighted by molar-refractivity contribution is -0.115. The Morgan fingerprint density at radius 2 is 1.97 bits per heavy atom. The van der Waals surface area contributed by atoms with Crippen molar-refractivity contribution in [3.05, 3.63) is 53.0 Å². The van der Waals surface area contributed by atoms with E-state index in [4.69, 9.17) is 0 Å². The van der Waals surface area contributed by atoms with Gasteiger partial charge in [0.15, 0.2) is 0 Å². The van der Waals surface area contributed by atoms with Gasteiger partial charge >= 0.3 is 0 Å². The molecule has 9 heteroatoms. The SMILES string of the molecule is O=C1NC(=O)/C(=C/c2ccnc(N[C@H]3CC[C@H](NCc4cccnc4)CC3)n2)S1. The Kier molecular flexibility index (Phi) is 6.16. The van der Waals surface area contributed by atoms with E-state index in [-0.39, 0.29) is 11.1 Å². The molecule has 1 saturated carbocycles. The summed E-state index contributed by atoms with van der Waals surface area (Å²) in [5, 5.41) is 8.88. The Labute approximate surface area is 173 Å². The second-order valence-corrected chi connectivity index (χ2v) is 8.11. The third-order valence-electron chi connectivity index (χ3n) is 4.98. The van der Waals surface area contributed by atoms with Crippen LogP contribution in [0, 0.1) is 0 Å². The van der Waals surface area contributed by atoms with Crippen LogP contribution in [0.1, 0.15) is 36.9 Å². The maximum absolute atomic E-state index is 11.7. The predicted octanol–water partition coefficient (Wildman–Crippen LogP) is 2.71. The summed E-state index contributed by atoms with van der Waals surface area (Å²) in [5.41, 5.74) is 1.80. The quantitative estimate of drug-likeness (QED) is 0.624. The average molecular weight is 411 g/mol. The Hall–Kier alpha value is -2.78. The van der Waals surface area contributed by atoms with Gasteiger partial charge in [0.05, 0.1) is 10.6 Å². The zero-order valence-electron chi connectivity index (χ0n) is 15.8. The van der Waals surface area contributed by atoms with Crippen LogP contribution in [0.15, 0.2) is 41.7 Å². The maximum atomic E-state index is 11.7. The lowest BCUT2D eigenvalue weighted by atomic mass is 9.91. The maximum Gasteiger partial charge on any atom is 0.290 e. The standard InChI is InChI=1S/C20H22N6O2S/c27-18-17(29-20(28)26-18)10-16-7-9-22-19(25-16)24-15-5-3-14(4-6-15)23-12-13-2-1-8-21-11-13/h1-2,7-11,14-15,23H,3-6,12H2,(H,22,24,25)(H,26,27,28)/b17-10-/t14-,15-. The van der Waals surface area contributed by atoms with Crippen LogP contribution in [-0.2, 0) is 11.3 Å². The lowest BCUT2D eigenvalue weighted by Gasteiger charge is -2.29. The largest absolute Gasteiger partial charge is 0.351 e. The molecule has 2 aromatic rings. The number of hydrogen-bond acceptors (Lipinski definition) is 8. The molecule has 1 aliphatic carbocycles. The van der Waals surface area contributed by atoms with Gasteiger partial charge in [-0.25, -0.2) is 9.97 Å². The van der Waals surface area contributed by atoms with Crippen LogP contribution in [0.5, 0.6) is 0 Å². The highest BCUT2D eigenvalue weighted by molar-refractivity contribution is 8.18. The first-order valence-electron chi connectivity index (χ1n) is 9.62. The van der Waals surface area contributed by atoms with Gasteiger partial charge in [0.25, 0.3) is 11.1 Å². The van der Waals surface area contributed by atoms with Crippen molar-refractivity contribution in [3.63, 3.8) is 0 Å². The minimum atomic E-state index is -0.384. The van der Waals surface area contributed by atoms with Gasteiger partial charge in [0.2, 0.25) is 5.95 Å². The Morgan fingerprint density at radius 1 is 1.14 bits per heavy atom. The number of thioether (sulfide) groups is 1. The zero-order chi connectivity index (χ0) is 20.1. The first kappa shape index (κ1) is 19.5. The van der Waals surface area contributed by atoms with Gasteiger partial charge in [-0.3, -0.25) is 19.9 Å². The molecule has 29 heavy (non-hydrogen) atoms. The van der Waals surface area contributed by atoms with E-state index in [1.807, 2.05) is 12.3 Å². The summed E-state index contributed by atoms with van der Waals surface area (Å²) in [6.07, 6.45) is 11.2. The number of anilines is 1. The minimum Gasteiger partial charge on any atom is -0.351 e. The number of imide groups is 1. The molecule has 0 radical (unpaired) electrons. The fraction of sp³-hybridized carbons (Fsp3) is 0.350. The molecule has 0 unspecified atom stereocenters. The molecule has 0 bridgehead atoms. The molecule has 1 aliphatic heterocycles. The van der Waals surface area contributed by atoms with E-state index in [0.717, 1.165) is 44.0 Å². The van der Waals surface area contributed by atoms with Crippen molar-refractivity contribution in [1.82, 2.24) is 25.6 Å². The van der Waals surface area contributed by atoms with Crippen molar-refractivity contribution in [3.8, 4) is 0 Å². The van der Waals surface area contributed by atoms with Gasteiger partial charge in [-0.05, 0) is 61.2 Å². The highest BCUT2D eigenvalue weighted by Gasteiger charge is 2.25. The molecule has 150 valence electrons. The molecule has 2 fully saturated rings. The van der Waals surface area contributed by atoms with Crippen molar-refractivity contribution in [2.24, 2.45) is 0 Å². The smallest absolute Gasteiger partial charge is 0.290 e. The third-order valence-corrected chi connectivity index (χ3v) is 5.79. The molecule has 2 aliphatic rings. The highest BCUT2D eigenvalue weighted by Crippen LogP contribution is 2.25. The summed E-state index contributed by atoms with van der Waals surface area (Å²) in [5.74, 6) is 0.158. The molecule has 3 N–H and O–H groups in total. The van der Waals surface area contributed by atoms with Gasteiger partial charge in [-0.1, -0.05) is 6.07 Å². The molecule has 2 aromatic heterocycles. The predicted molar refractivity (Wildman–Crippen MR) is 112 cm³/mol. The van der Waals surface area contributed by atoms with E-state index in [9.17, 15) is 9.59 Å². The number of nitrogens with zero attached hydrogens (tertiary/aromatic N) is 3. The topological polar surface area (TPSA) is 109 Å². The number of carbonyl (C=O) groups is 2. The number of amides is 2. The number of pyridine rings is 1. The van der Waals surface area contributed by atoms with E-state index in [2.05, 4.69) is 37.0 Å². The summed E-state index contributed by atoms with van der Waals surface area (Å²) in [4.78, 5) is 36.2. The van der Waals surface area contributed by atoms with Gasteiger partial charge < -0.3 is 10.6 Å². The number of nitrogens with one attached hydrogen (secondary N) is 3. The molecule has 0 aromatic carbocycles. The van der Waals surface area contributed by atoms with Crippen LogP contribution in [0.4, 0.5) is 10.7 Å². The number of carbonyl (C=O) groups excluding carboxylic acids is 2. The van der Waals surface area contributed by atoms with Crippen LogP contribution in [-0.4, -0.2) is 38.2 Å². The van der Waals surface area contributed by atoms with Crippen molar-refractivity contribution >= 4 is 34.9 Å². The van der Waals surface area contributed by atoms with E-state index in [1.165, 1.54) is 5.56 Å². The fourth-order valence-electron chi connectivity index (χ4n) is 3.47. The Morgan fingerprint density at radius 3 is 2.69 bits per heavy atom. The molecular weight excluding hydrogens is 388 g/mol. The molecule has 0 atom stereocenters. The van der Waals surface area contributed by atoms with E-state index >= 15 is 0 Å². The average Bonchev–Trinajstić information content (AvgIpc) is 3.05. The van der Waals surface area contributed by atoms with Gasteiger partial charge in [0, 0.05) is 37.2 Å². The highest BCUT2D eigenvalue weighted by atomic mass is 32.2.